The third kappa shape index (κ3) is 3.45. The molecule has 1 aliphatic carbocycles. The van der Waals surface area contributed by atoms with Crippen LogP contribution in [0.3, 0.4) is 0 Å². The quantitative estimate of drug-likeness (QED) is 0.609. The van der Waals surface area contributed by atoms with Crippen LogP contribution in [-0.2, 0) is 4.74 Å². The smallest absolute Gasteiger partial charge is 0.410 e. The van der Waals surface area contributed by atoms with Crippen molar-refractivity contribution in [2.45, 2.75) is 89.5 Å². The van der Waals surface area contributed by atoms with Gasteiger partial charge in [-0.3, -0.25) is 4.90 Å². The highest BCUT2D eigenvalue weighted by Crippen LogP contribution is 2.52. The van der Waals surface area contributed by atoms with E-state index >= 15 is 0 Å². The van der Waals surface area contributed by atoms with Crippen molar-refractivity contribution in [1.29, 1.82) is 0 Å². The number of carbonyl (C=O) groups excluding carboxylic acids is 1. The summed E-state index contributed by atoms with van der Waals surface area (Å²) in [6.07, 6.45) is 1.73. The molecule has 2 aliphatic heterocycles. The van der Waals surface area contributed by atoms with Gasteiger partial charge in [-0.2, -0.15) is 0 Å². The number of amides is 1. The summed E-state index contributed by atoms with van der Waals surface area (Å²) in [6, 6.07) is 5.66. The Balaban J connectivity index is 1.78. The van der Waals surface area contributed by atoms with Crippen molar-refractivity contribution in [2.75, 3.05) is 12.8 Å². The molecule has 29 heavy (non-hydrogen) atoms. The minimum Gasteiger partial charge on any atom is -0.453 e. The molecule has 0 radical (unpaired) electrons. The van der Waals surface area contributed by atoms with Crippen LogP contribution in [0.25, 0.3) is 5.57 Å². The summed E-state index contributed by atoms with van der Waals surface area (Å²) in [6.45, 7) is 7.98. The zero-order valence-electron chi connectivity index (χ0n) is 22.2. The maximum atomic E-state index is 12.7. The second-order valence-electron chi connectivity index (χ2n) is 9.97. The van der Waals surface area contributed by atoms with Gasteiger partial charge in [-0.1, -0.05) is 26.0 Å². The summed E-state index contributed by atoms with van der Waals surface area (Å²) in [7, 11) is 1.33. The Morgan fingerprint density at radius 3 is 2.69 bits per heavy atom. The van der Waals surface area contributed by atoms with Crippen molar-refractivity contribution >= 4 is 17.4 Å². The SMILES string of the molecule is [2H]C1CC(C)(C)CCC1([2H])c1cc(C2=CC3(C)C([2H])C([2H])C(C)(C2)N3C(=O)OC)ccc1N. The number of fused-ring (bicyclic) bond motifs is 2. The van der Waals surface area contributed by atoms with E-state index in [-0.39, 0.29) is 5.41 Å². The van der Waals surface area contributed by atoms with Gasteiger partial charge in [-0.15, -0.1) is 0 Å². The molecule has 2 fully saturated rings. The molecule has 1 aromatic carbocycles. The van der Waals surface area contributed by atoms with Gasteiger partial charge in [0.05, 0.1) is 12.6 Å². The molecular weight excluding hydrogens is 360 g/mol. The van der Waals surface area contributed by atoms with Crippen LogP contribution in [0.2, 0.25) is 0 Å². The van der Waals surface area contributed by atoms with E-state index in [4.69, 9.17) is 14.6 Å². The number of nitrogen functional groups attached to an aromatic ring is 1. The summed E-state index contributed by atoms with van der Waals surface area (Å²) in [4.78, 5) is 14.2. The number of carbonyl (C=O) groups is 1. The summed E-state index contributed by atoms with van der Waals surface area (Å²) >= 11 is 0. The van der Waals surface area contributed by atoms with E-state index in [1.165, 1.54) is 7.11 Å². The van der Waals surface area contributed by atoms with Gasteiger partial charge >= 0.3 is 6.09 Å². The molecule has 1 saturated heterocycles. The molecule has 1 amide bonds. The van der Waals surface area contributed by atoms with Gasteiger partial charge in [-0.25, -0.2) is 4.79 Å². The van der Waals surface area contributed by atoms with E-state index in [1.54, 1.807) is 4.90 Å². The molecule has 2 heterocycles. The number of rotatable bonds is 2. The van der Waals surface area contributed by atoms with E-state index in [9.17, 15) is 6.17 Å². The van der Waals surface area contributed by atoms with Gasteiger partial charge in [0.1, 0.15) is 0 Å². The van der Waals surface area contributed by atoms with Gasteiger partial charge < -0.3 is 10.5 Å². The third-order valence-corrected chi connectivity index (χ3v) is 6.89. The molecule has 6 unspecified atom stereocenters. The van der Waals surface area contributed by atoms with Crippen molar-refractivity contribution in [3.8, 4) is 0 Å². The van der Waals surface area contributed by atoms with E-state index < -0.39 is 42.3 Å². The molecule has 2 bridgehead atoms. The number of hydrogen-bond acceptors (Lipinski definition) is 3. The first kappa shape index (κ1) is 15.8. The fourth-order valence-corrected chi connectivity index (χ4v) is 5.12. The molecule has 0 spiro atoms. The predicted molar refractivity (Wildman–Crippen MR) is 119 cm³/mol. The monoisotopic (exact) mass is 400 g/mol. The second-order valence-corrected chi connectivity index (χ2v) is 9.97. The first-order valence-corrected chi connectivity index (χ1v) is 10.5. The maximum Gasteiger partial charge on any atom is 0.410 e. The number of hydrogen-bond donors (Lipinski definition) is 1. The number of nitrogens with two attached hydrogens (primary N) is 1. The predicted octanol–water partition coefficient (Wildman–Crippen LogP) is 6.12. The van der Waals surface area contributed by atoms with Gasteiger partial charge in [0.25, 0.3) is 0 Å². The summed E-state index contributed by atoms with van der Waals surface area (Å²) < 4.78 is 40.4. The fraction of sp³-hybridized carbons (Fsp3) is 0.640. The molecule has 3 aliphatic rings. The Hall–Kier alpha value is -1.97. The van der Waals surface area contributed by atoms with Gasteiger partial charge in [0.15, 0.2) is 0 Å². The second kappa shape index (κ2) is 6.78. The molecular formula is C25H36N2O2. The number of methoxy groups -OCH3 is 1. The van der Waals surface area contributed by atoms with E-state index in [0.29, 0.717) is 30.5 Å². The van der Waals surface area contributed by atoms with Crippen LogP contribution in [0, 0.1) is 5.41 Å². The molecule has 4 nitrogen and oxygen atoms in total. The summed E-state index contributed by atoms with van der Waals surface area (Å²) in [5.41, 5.74) is 7.56. The molecule has 1 aromatic rings. The Morgan fingerprint density at radius 1 is 1.28 bits per heavy atom. The lowest BCUT2D eigenvalue weighted by Crippen LogP contribution is -2.56. The third-order valence-electron chi connectivity index (χ3n) is 6.89. The zero-order valence-corrected chi connectivity index (χ0v) is 18.2. The fourth-order valence-electron chi connectivity index (χ4n) is 5.12. The van der Waals surface area contributed by atoms with Crippen molar-refractivity contribution in [1.82, 2.24) is 4.90 Å². The van der Waals surface area contributed by atoms with E-state index in [0.717, 1.165) is 17.6 Å². The van der Waals surface area contributed by atoms with Crippen LogP contribution in [0.5, 0.6) is 0 Å². The van der Waals surface area contributed by atoms with Crippen LogP contribution in [0.15, 0.2) is 24.3 Å². The van der Waals surface area contributed by atoms with Crippen molar-refractivity contribution in [3.63, 3.8) is 0 Å². The lowest BCUT2D eigenvalue weighted by molar-refractivity contribution is 0.0551. The van der Waals surface area contributed by atoms with Crippen molar-refractivity contribution in [2.24, 2.45) is 5.41 Å². The Kier molecular flexibility index (Phi) is 3.70. The number of nitrogens with zero attached hydrogens (tertiary/aromatic N) is 1. The topological polar surface area (TPSA) is 55.6 Å². The zero-order chi connectivity index (χ0) is 24.6. The average Bonchev–Trinajstić information content (AvgIpc) is 2.83. The van der Waals surface area contributed by atoms with Crippen LogP contribution in [0.4, 0.5) is 10.5 Å². The highest BCUT2D eigenvalue weighted by Gasteiger charge is 2.55. The highest BCUT2D eigenvalue weighted by atomic mass is 16.5. The molecule has 4 rings (SSSR count). The van der Waals surface area contributed by atoms with E-state index in [1.807, 2.05) is 38.1 Å². The van der Waals surface area contributed by atoms with Gasteiger partial charge in [0, 0.05) is 16.7 Å². The first-order valence-electron chi connectivity index (χ1n) is 12.7. The van der Waals surface area contributed by atoms with Crippen LogP contribution < -0.4 is 5.73 Å². The molecule has 6 atom stereocenters. The van der Waals surface area contributed by atoms with E-state index in [2.05, 4.69) is 13.8 Å². The maximum absolute atomic E-state index is 12.7. The molecule has 158 valence electrons. The van der Waals surface area contributed by atoms with Crippen molar-refractivity contribution in [3.05, 3.63) is 35.4 Å². The van der Waals surface area contributed by atoms with Crippen LogP contribution in [0.1, 0.15) is 95.1 Å². The van der Waals surface area contributed by atoms with Crippen LogP contribution in [-0.4, -0.2) is 29.2 Å². The lowest BCUT2D eigenvalue weighted by Gasteiger charge is -2.46. The Labute approximate surface area is 181 Å². The molecule has 2 N–H and O–H groups in total. The average molecular weight is 401 g/mol. The van der Waals surface area contributed by atoms with Gasteiger partial charge in [-0.05, 0) is 98.9 Å². The lowest BCUT2D eigenvalue weighted by atomic mass is 9.70. The summed E-state index contributed by atoms with van der Waals surface area (Å²) in [5.74, 6) is -1.08. The number of ether oxygens (including phenoxy) is 1. The standard InChI is InChI=1S/C25H36N2O2/c1-23(2)10-8-17(9-11-23)20-14-18(6-7-21(20)26)19-15-24(3)12-13-25(4,16-19)27(24)22(28)29-5/h6-7,14-15,17H,8-13,16,26H2,1-5H3/i8D,12D,13D,17D. The Bertz CT molecular complexity index is 1010. The summed E-state index contributed by atoms with van der Waals surface area (Å²) in [5, 5.41) is 0. The minimum atomic E-state index is -1.08. The van der Waals surface area contributed by atoms with Gasteiger partial charge in [0.2, 0.25) is 0 Å². The highest BCUT2D eigenvalue weighted by molar-refractivity contribution is 5.78. The minimum absolute atomic E-state index is 0.0429. The van der Waals surface area contributed by atoms with Crippen LogP contribution >= 0.6 is 0 Å². The number of anilines is 1. The largest absolute Gasteiger partial charge is 0.453 e. The first-order chi connectivity index (χ1) is 15.2. The van der Waals surface area contributed by atoms with Crippen molar-refractivity contribution < 1.29 is 15.0 Å². The molecule has 1 saturated carbocycles. The number of benzene rings is 1. The Morgan fingerprint density at radius 2 is 2.03 bits per heavy atom. The molecule has 4 heteroatoms. The normalized spacial score (nSPS) is 45.5. The molecule has 0 aromatic heterocycles.